The summed E-state index contributed by atoms with van der Waals surface area (Å²) < 4.78 is 38.5. The summed E-state index contributed by atoms with van der Waals surface area (Å²) in [6, 6.07) is 19.7. The first-order valence-corrected chi connectivity index (χ1v) is 11.1. The van der Waals surface area contributed by atoms with Gasteiger partial charge >= 0.3 is 0 Å². The molecule has 0 saturated carbocycles. The quantitative estimate of drug-likeness (QED) is 0.550. The second-order valence-corrected chi connectivity index (χ2v) is 8.62. The van der Waals surface area contributed by atoms with Gasteiger partial charge in [0.25, 0.3) is 0 Å². The molecule has 31 heavy (non-hydrogen) atoms. The maximum Gasteiger partial charge on any atom is 0.242 e. The summed E-state index contributed by atoms with van der Waals surface area (Å²) in [7, 11) is -2.36. The Hall–Kier alpha value is -3.36. The Bertz CT molecular complexity index is 1150. The minimum atomic E-state index is -3.87. The first kappa shape index (κ1) is 22.3. The Morgan fingerprint density at radius 2 is 1.58 bits per heavy atom. The molecule has 0 fully saturated rings. The molecule has 0 heterocycles. The molecule has 8 heteroatoms. The smallest absolute Gasteiger partial charge is 0.242 e. The topological polar surface area (TPSA) is 93.7 Å². The highest BCUT2D eigenvalue weighted by atomic mass is 32.2. The SMILES string of the molecule is COc1ccc(S(=O)(=O)N[C@H](C)C(=O)Nc2ccc(Oc3ccccc3)cc2)cc1C. The van der Waals surface area contributed by atoms with Crippen LogP contribution in [-0.4, -0.2) is 27.5 Å². The molecule has 1 atom stereocenters. The van der Waals surface area contributed by atoms with Crippen molar-refractivity contribution in [2.75, 3.05) is 12.4 Å². The van der Waals surface area contributed by atoms with E-state index >= 15 is 0 Å². The molecule has 0 aliphatic rings. The van der Waals surface area contributed by atoms with E-state index in [1.54, 1.807) is 37.3 Å². The van der Waals surface area contributed by atoms with Gasteiger partial charge in [-0.1, -0.05) is 18.2 Å². The fourth-order valence-electron chi connectivity index (χ4n) is 2.85. The second-order valence-electron chi connectivity index (χ2n) is 6.90. The minimum absolute atomic E-state index is 0.0628. The highest BCUT2D eigenvalue weighted by molar-refractivity contribution is 7.89. The van der Waals surface area contributed by atoms with Crippen LogP contribution in [0.15, 0.2) is 77.7 Å². The molecule has 2 N–H and O–H groups in total. The van der Waals surface area contributed by atoms with E-state index in [9.17, 15) is 13.2 Å². The summed E-state index contributed by atoms with van der Waals surface area (Å²) in [4.78, 5) is 12.5. The number of sulfonamides is 1. The second kappa shape index (κ2) is 9.63. The van der Waals surface area contributed by atoms with Crippen LogP contribution in [0, 0.1) is 6.92 Å². The predicted octanol–water partition coefficient (Wildman–Crippen LogP) is 4.10. The molecule has 0 radical (unpaired) electrons. The van der Waals surface area contributed by atoms with E-state index in [-0.39, 0.29) is 4.90 Å². The first-order chi connectivity index (χ1) is 14.8. The number of carbonyl (C=O) groups is 1. The number of anilines is 1. The molecule has 0 saturated heterocycles. The third kappa shape index (κ3) is 5.84. The molecule has 0 unspecified atom stereocenters. The van der Waals surface area contributed by atoms with Crippen LogP contribution < -0.4 is 19.5 Å². The summed E-state index contributed by atoms with van der Waals surface area (Å²) in [5, 5.41) is 2.70. The van der Waals surface area contributed by atoms with Gasteiger partial charge in [-0.15, -0.1) is 0 Å². The highest BCUT2D eigenvalue weighted by Gasteiger charge is 2.22. The standard InChI is InChI=1S/C23H24N2O5S/c1-16-15-21(13-14-22(16)29-3)31(27,28)25-17(2)23(26)24-18-9-11-20(12-10-18)30-19-7-5-4-6-8-19/h4-15,17,25H,1-3H3,(H,24,26)/t17-/m1/s1. The molecule has 162 valence electrons. The molecule has 0 aliphatic carbocycles. The number of nitrogens with one attached hydrogen (secondary N) is 2. The predicted molar refractivity (Wildman–Crippen MR) is 119 cm³/mol. The van der Waals surface area contributed by atoms with Gasteiger partial charge in [-0.25, -0.2) is 8.42 Å². The van der Waals surface area contributed by atoms with Crippen LogP contribution >= 0.6 is 0 Å². The summed E-state index contributed by atoms with van der Waals surface area (Å²) >= 11 is 0. The third-order valence-corrected chi connectivity index (χ3v) is 6.04. The van der Waals surface area contributed by atoms with E-state index in [1.807, 2.05) is 30.3 Å². The average Bonchev–Trinajstić information content (AvgIpc) is 2.75. The van der Waals surface area contributed by atoms with Crippen molar-refractivity contribution in [3.05, 3.63) is 78.4 Å². The molecule has 0 spiro atoms. The zero-order chi connectivity index (χ0) is 22.4. The molecule has 0 aromatic heterocycles. The van der Waals surface area contributed by atoms with Crippen LogP contribution in [0.1, 0.15) is 12.5 Å². The lowest BCUT2D eigenvalue weighted by Gasteiger charge is -2.15. The van der Waals surface area contributed by atoms with Crippen LogP contribution in [0.25, 0.3) is 0 Å². The van der Waals surface area contributed by atoms with E-state index in [1.165, 1.54) is 26.2 Å². The molecular formula is C23H24N2O5S. The third-order valence-electron chi connectivity index (χ3n) is 4.50. The van der Waals surface area contributed by atoms with Gasteiger partial charge in [0.15, 0.2) is 0 Å². The van der Waals surface area contributed by atoms with Crippen LogP contribution in [0.5, 0.6) is 17.2 Å². The number of methoxy groups -OCH3 is 1. The number of ether oxygens (including phenoxy) is 2. The average molecular weight is 441 g/mol. The maximum atomic E-state index is 12.6. The fraction of sp³-hybridized carbons (Fsp3) is 0.174. The van der Waals surface area contributed by atoms with Gasteiger partial charge in [0.05, 0.1) is 18.0 Å². The highest BCUT2D eigenvalue weighted by Crippen LogP contribution is 2.23. The molecule has 0 bridgehead atoms. The molecule has 3 aromatic carbocycles. The first-order valence-electron chi connectivity index (χ1n) is 9.59. The zero-order valence-corrected chi connectivity index (χ0v) is 18.3. The van der Waals surface area contributed by atoms with Crippen LogP contribution in [0.3, 0.4) is 0 Å². The van der Waals surface area contributed by atoms with Crippen molar-refractivity contribution in [1.82, 2.24) is 4.72 Å². The largest absolute Gasteiger partial charge is 0.496 e. The van der Waals surface area contributed by atoms with Crippen molar-refractivity contribution in [3.63, 3.8) is 0 Å². The summed E-state index contributed by atoms with van der Waals surface area (Å²) in [5.41, 5.74) is 1.21. The normalized spacial score (nSPS) is 12.1. The fourth-order valence-corrected chi connectivity index (χ4v) is 4.14. The van der Waals surface area contributed by atoms with Crippen molar-refractivity contribution >= 4 is 21.6 Å². The Morgan fingerprint density at radius 3 is 2.19 bits per heavy atom. The van der Waals surface area contributed by atoms with Gasteiger partial charge in [0, 0.05) is 5.69 Å². The van der Waals surface area contributed by atoms with Crippen LogP contribution in [0.4, 0.5) is 5.69 Å². The lowest BCUT2D eigenvalue weighted by molar-refractivity contribution is -0.117. The van der Waals surface area contributed by atoms with Crippen molar-refractivity contribution in [3.8, 4) is 17.2 Å². The van der Waals surface area contributed by atoms with Gasteiger partial charge < -0.3 is 14.8 Å². The number of benzene rings is 3. The summed E-state index contributed by atoms with van der Waals surface area (Å²) in [6.07, 6.45) is 0. The number of hydrogen-bond donors (Lipinski definition) is 2. The van der Waals surface area contributed by atoms with Crippen LogP contribution in [-0.2, 0) is 14.8 Å². The molecule has 3 rings (SSSR count). The molecular weight excluding hydrogens is 416 g/mol. The number of aryl methyl sites for hydroxylation is 1. The lowest BCUT2D eigenvalue weighted by Crippen LogP contribution is -2.41. The Balaban J connectivity index is 1.61. The van der Waals surface area contributed by atoms with Crippen molar-refractivity contribution in [2.45, 2.75) is 24.8 Å². The van der Waals surface area contributed by atoms with Gasteiger partial charge in [-0.3, -0.25) is 4.79 Å². The number of para-hydroxylation sites is 1. The van der Waals surface area contributed by atoms with Gasteiger partial charge in [-0.05, 0) is 74.0 Å². The summed E-state index contributed by atoms with van der Waals surface area (Å²) in [6.45, 7) is 3.23. The van der Waals surface area contributed by atoms with E-state index in [0.29, 0.717) is 28.5 Å². The Kier molecular flexibility index (Phi) is 6.94. The number of carbonyl (C=O) groups excluding carboxylic acids is 1. The van der Waals surface area contributed by atoms with Gasteiger partial charge in [-0.2, -0.15) is 4.72 Å². The van der Waals surface area contributed by atoms with E-state index in [4.69, 9.17) is 9.47 Å². The van der Waals surface area contributed by atoms with Crippen LogP contribution in [0.2, 0.25) is 0 Å². The van der Waals surface area contributed by atoms with Crippen molar-refractivity contribution < 1.29 is 22.7 Å². The monoisotopic (exact) mass is 440 g/mol. The number of hydrogen-bond acceptors (Lipinski definition) is 5. The Labute approximate surface area is 182 Å². The van der Waals surface area contributed by atoms with E-state index in [0.717, 1.165) is 0 Å². The molecule has 7 nitrogen and oxygen atoms in total. The molecule has 0 aliphatic heterocycles. The Morgan fingerprint density at radius 1 is 0.935 bits per heavy atom. The van der Waals surface area contributed by atoms with E-state index in [2.05, 4.69) is 10.0 Å². The maximum absolute atomic E-state index is 12.6. The number of rotatable bonds is 8. The zero-order valence-electron chi connectivity index (χ0n) is 17.5. The van der Waals surface area contributed by atoms with Gasteiger partial charge in [0.1, 0.15) is 17.2 Å². The lowest BCUT2D eigenvalue weighted by atomic mass is 10.2. The van der Waals surface area contributed by atoms with Crippen molar-refractivity contribution in [2.24, 2.45) is 0 Å². The van der Waals surface area contributed by atoms with E-state index < -0.39 is 22.0 Å². The van der Waals surface area contributed by atoms with Crippen molar-refractivity contribution in [1.29, 1.82) is 0 Å². The van der Waals surface area contributed by atoms with Gasteiger partial charge in [0.2, 0.25) is 15.9 Å². The molecule has 3 aromatic rings. The number of amides is 1. The summed E-state index contributed by atoms with van der Waals surface area (Å²) in [5.74, 6) is 1.43. The minimum Gasteiger partial charge on any atom is -0.496 e. The molecule has 1 amide bonds.